The Labute approximate surface area is 145 Å². The van der Waals surface area contributed by atoms with E-state index < -0.39 is 0 Å². The lowest BCUT2D eigenvalue weighted by Gasteiger charge is -2.22. The molecule has 2 heterocycles. The third-order valence-corrected chi connectivity index (χ3v) is 4.97. The minimum absolute atomic E-state index is 0.0114. The summed E-state index contributed by atoms with van der Waals surface area (Å²) in [6, 6.07) is 9.73. The number of aromatic nitrogens is 2. The number of H-pyrrole nitrogens is 1. The van der Waals surface area contributed by atoms with E-state index in [1.807, 2.05) is 30.3 Å². The van der Waals surface area contributed by atoms with E-state index in [0.29, 0.717) is 6.54 Å². The van der Waals surface area contributed by atoms with Gasteiger partial charge in [-0.05, 0) is 60.7 Å². The SMILES string of the molecule is O=C(NCc1ccncc1)C1CCc2[nH]c3ccc(Cl)cc3c2C1. The molecule has 1 atom stereocenters. The number of carbonyl (C=O) groups is 1. The lowest BCUT2D eigenvalue weighted by molar-refractivity contribution is -0.125. The number of benzene rings is 1. The number of pyridine rings is 1. The standard InChI is InChI=1S/C19H18ClN3O/c20-14-2-4-18-16(10-14)15-9-13(1-3-17(15)23-18)19(24)22-11-12-5-7-21-8-6-12/h2,4-8,10,13,23H,1,3,9,11H2,(H,22,24). The van der Waals surface area contributed by atoms with Gasteiger partial charge in [0.15, 0.2) is 0 Å². The molecule has 122 valence electrons. The zero-order chi connectivity index (χ0) is 16.5. The molecule has 4 rings (SSSR count). The number of aromatic amines is 1. The topological polar surface area (TPSA) is 57.8 Å². The highest BCUT2D eigenvalue weighted by molar-refractivity contribution is 6.31. The maximum atomic E-state index is 12.5. The van der Waals surface area contributed by atoms with E-state index in [1.165, 1.54) is 11.3 Å². The Bertz CT molecular complexity index is 888. The average Bonchev–Trinajstić information content (AvgIpc) is 2.97. The fourth-order valence-corrected chi connectivity index (χ4v) is 3.62. The summed E-state index contributed by atoms with van der Waals surface area (Å²) < 4.78 is 0. The third kappa shape index (κ3) is 2.89. The number of rotatable bonds is 3. The Morgan fingerprint density at radius 3 is 2.96 bits per heavy atom. The van der Waals surface area contributed by atoms with Gasteiger partial charge >= 0.3 is 0 Å². The molecule has 1 amide bonds. The lowest BCUT2D eigenvalue weighted by Crippen LogP contribution is -2.33. The van der Waals surface area contributed by atoms with Crippen LogP contribution in [0.25, 0.3) is 10.9 Å². The van der Waals surface area contributed by atoms with Gasteiger partial charge in [0.1, 0.15) is 0 Å². The van der Waals surface area contributed by atoms with Gasteiger partial charge in [-0.3, -0.25) is 9.78 Å². The van der Waals surface area contributed by atoms with Gasteiger partial charge in [-0.15, -0.1) is 0 Å². The van der Waals surface area contributed by atoms with Gasteiger partial charge in [-0.2, -0.15) is 0 Å². The first-order valence-corrected chi connectivity index (χ1v) is 8.54. The third-order valence-electron chi connectivity index (χ3n) is 4.74. The molecule has 0 saturated carbocycles. The smallest absolute Gasteiger partial charge is 0.223 e. The number of amides is 1. The molecule has 2 aromatic heterocycles. The van der Waals surface area contributed by atoms with Crippen LogP contribution in [-0.2, 0) is 24.2 Å². The average molecular weight is 340 g/mol. The summed E-state index contributed by atoms with van der Waals surface area (Å²) in [5, 5.41) is 4.92. The molecule has 4 nitrogen and oxygen atoms in total. The van der Waals surface area contributed by atoms with Crippen LogP contribution in [0.1, 0.15) is 23.2 Å². The van der Waals surface area contributed by atoms with Crippen molar-refractivity contribution < 1.29 is 4.79 Å². The summed E-state index contributed by atoms with van der Waals surface area (Å²) in [5.41, 5.74) is 4.64. The van der Waals surface area contributed by atoms with Crippen LogP contribution in [0, 0.1) is 5.92 Å². The highest BCUT2D eigenvalue weighted by atomic mass is 35.5. The maximum Gasteiger partial charge on any atom is 0.223 e. The normalized spacial score (nSPS) is 16.8. The molecule has 1 aliphatic rings. The van der Waals surface area contributed by atoms with Gasteiger partial charge in [0, 0.05) is 46.5 Å². The molecular formula is C19H18ClN3O. The molecule has 1 unspecified atom stereocenters. The van der Waals surface area contributed by atoms with E-state index in [4.69, 9.17) is 11.6 Å². The molecular weight excluding hydrogens is 322 g/mol. The molecule has 24 heavy (non-hydrogen) atoms. The fourth-order valence-electron chi connectivity index (χ4n) is 3.45. The van der Waals surface area contributed by atoms with Crippen molar-refractivity contribution in [2.45, 2.75) is 25.8 Å². The van der Waals surface area contributed by atoms with Crippen LogP contribution < -0.4 is 5.32 Å². The first-order valence-electron chi connectivity index (χ1n) is 8.16. The largest absolute Gasteiger partial charge is 0.358 e. The van der Waals surface area contributed by atoms with Crippen LogP contribution in [-0.4, -0.2) is 15.9 Å². The number of hydrogen-bond donors (Lipinski definition) is 2. The second kappa shape index (κ2) is 6.29. The van der Waals surface area contributed by atoms with Crippen LogP contribution in [0.2, 0.25) is 5.02 Å². The van der Waals surface area contributed by atoms with E-state index in [0.717, 1.165) is 40.8 Å². The molecule has 3 aromatic rings. The van der Waals surface area contributed by atoms with Crippen molar-refractivity contribution in [3.8, 4) is 0 Å². The van der Waals surface area contributed by atoms with E-state index in [1.54, 1.807) is 12.4 Å². The van der Waals surface area contributed by atoms with E-state index >= 15 is 0 Å². The number of nitrogens with one attached hydrogen (secondary N) is 2. The molecule has 0 spiro atoms. The summed E-state index contributed by atoms with van der Waals surface area (Å²) in [4.78, 5) is 20.0. The lowest BCUT2D eigenvalue weighted by atomic mass is 9.86. The summed E-state index contributed by atoms with van der Waals surface area (Å²) in [6.07, 6.45) is 6.01. The second-order valence-corrected chi connectivity index (χ2v) is 6.72. The van der Waals surface area contributed by atoms with Crippen LogP contribution in [0.5, 0.6) is 0 Å². The molecule has 1 aliphatic carbocycles. The number of nitrogens with zero attached hydrogens (tertiary/aromatic N) is 1. The first-order chi connectivity index (χ1) is 11.7. The first kappa shape index (κ1) is 15.2. The van der Waals surface area contributed by atoms with Gasteiger partial charge in [-0.1, -0.05) is 11.6 Å². The summed E-state index contributed by atoms with van der Waals surface area (Å²) in [5.74, 6) is 0.131. The van der Waals surface area contributed by atoms with Crippen molar-refractivity contribution in [2.75, 3.05) is 0 Å². The van der Waals surface area contributed by atoms with Crippen molar-refractivity contribution in [1.29, 1.82) is 0 Å². The minimum atomic E-state index is 0.0114. The number of aryl methyl sites for hydroxylation is 1. The molecule has 5 heteroatoms. The van der Waals surface area contributed by atoms with Gasteiger partial charge in [0.2, 0.25) is 5.91 Å². The zero-order valence-electron chi connectivity index (χ0n) is 13.2. The summed E-state index contributed by atoms with van der Waals surface area (Å²) >= 11 is 6.14. The van der Waals surface area contributed by atoms with Gasteiger partial charge < -0.3 is 10.3 Å². The Morgan fingerprint density at radius 2 is 2.12 bits per heavy atom. The molecule has 2 N–H and O–H groups in total. The summed E-state index contributed by atoms with van der Waals surface area (Å²) in [7, 11) is 0. The van der Waals surface area contributed by atoms with E-state index in [2.05, 4.69) is 15.3 Å². The molecule has 0 saturated heterocycles. The Kier molecular flexibility index (Phi) is 3.98. The Balaban J connectivity index is 1.50. The van der Waals surface area contributed by atoms with Crippen LogP contribution in [0.4, 0.5) is 0 Å². The molecule has 0 fully saturated rings. The van der Waals surface area contributed by atoms with E-state index in [9.17, 15) is 4.79 Å². The highest BCUT2D eigenvalue weighted by Gasteiger charge is 2.27. The van der Waals surface area contributed by atoms with Crippen molar-refractivity contribution >= 4 is 28.4 Å². The fraction of sp³-hybridized carbons (Fsp3) is 0.263. The zero-order valence-corrected chi connectivity index (χ0v) is 13.9. The van der Waals surface area contributed by atoms with Crippen molar-refractivity contribution in [3.63, 3.8) is 0 Å². The molecule has 1 aromatic carbocycles. The predicted octanol–water partition coefficient (Wildman–Crippen LogP) is 3.64. The predicted molar refractivity (Wildman–Crippen MR) is 94.9 cm³/mol. The molecule has 0 bridgehead atoms. The highest BCUT2D eigenvalue weighted by Crippen LogP contribution is 2.33. The van der Waals surface area contributed by atoms with Crippen LogP contribution in [0.3, 0.4) is 0 Å². The monoisotopic (exact) mass is 339 g/mol. The van der Waals surface area contributed by atoms with Gasteiger partial charge in [0.25, 0.3) is 0 Å². The number of hydrogen-bond acceptors (Lipinski definition) is 2. The number of carbonyl (C=O) groups excluding carboxylic acids is 1. The molecule has 0 aliphatic heterocycles. The quantitative estimate of drug-likeness (QED) is 0.765. The Morgan fingerprint density at radius 1 is 1.29 bits per heavy atom. The van der Waals surface area contributed by atoms with Crippen LogP contribution >= 0.6 is 11.6 Å². The van der Waals surface area contributed by atoms with Crippen molar-refractivity contribution in [1.82, 2.24) is 15.3 Å². The number of halogens is 1. The summed E-state index contributed by atoms with van der Waals surface area (Å²) in [6.45, 7) is 0.546. The minimum Gasteiger partial charge on any atom is -0.358 e. The van der Waals surface area contributed by atoms with Crippen LogP contribution in [0.15, 0.2) is 42.7 Å². The van der Waals surface area contributed by atoms with Gasteiger partial charge in [0.05, 0.1) is 0 Å². The molecule has 0 radical (unpaired) electrons. The Hall–Kier alpha value is -2.33. The van der Waals surface area contributed by atoms with E-state index in [-0.39, 0.29) is 11.8 Å². The van der Waals surface area contributed by atoms with Crippen molar-refractivity contribution in [2.24, 2.45) is 5.92 Å². The number of fused-ring (bicyclic) bond motifs is 3. The second-order valence-electron chi connectivity index (χ2n) is 6.29. The van der Waals surface area contributed by atoms with Gasteiger partial charge in [-0.25, -0.2) is 0 Å². The maximum absolute atomic E-state index is 12.5. The van der Waals surface area contributed by atoms with Crippen molar-refractivity contribution in [3.05, 3.63) is 64.6 Å².